The molecule has 1 saturated carbocycles. The summed E-state index contributed by atoms with van der Waals surface area (Å²) in [5.41, 5.74) is 2.98. The third-order valence-corrected chi connectivity index (χ3v) is 7.60. The summed E-state index contributed by atoms with van der Waals surface area (Å²) in [5, 5.41) is 3.16. The molecule has 1 aliphatic rings. The van der Waals surface area contributed by atoms with Crippen molar-refractivity contribution in [3.05, 3.63) is 57.6 Å². The molecule has 0 aliphatic heterocycles. The fourth-order valence-electron chi connectivity index (χ4n) is 4.47. The minimum atomic E-state index is -0.573. The van der Waals surface area contributed by atoms with Crippen molar-refractivity contribution in [2.24, 2.45) is 0 Å². The van der Waals surface area contributed by atoms with Crippen LogP contribution >= 0.6 is 15.9 Å². The molecule has 0 unspecified atom stereocenters. The first-order chi connectivity index (χ1) is 16.3. The lowest BCUT2D eigenvalue weighted by Crippen LogP contribution is -2.52. The smallest absolute Gasteiger partial charge is 0.261 e. The van der Waals surface area contributed by atoms with E-state index >= 15 is 0 Å². The van der Waals surface area contributed by atoms with Gasteiger partial charge in [0.1, 0.15) is 17.5 Å². The quantitative estimate of drug-likeness (QED) is 0.451. The third-order valence-electron chi connectivity index (χ3n) is 6.35. The number of rotatable bonds is 10. The molecule has 2 aromatic rings. The van der Waals surface area contributed by atoms with Crippen molar-refractivity contribution in [3.63, 3.8) is 0 Å². The molecule has 1 aliphatic carbocycles. The zero-order valence-electron chi connectivity index (χ0n) is 20.5. The van der Waals surface area contributed by atoms with Gasteiger partial charge in [0, 0.05) is 17.1 Å². The summed E-state index contributed by atoms with van der Waals surface area (Å²) in [7, 11) is 1.61. The van der Waals surface area contributed by atoms with Gasteiger partial charge in [0.05, 0.1) is 7.11 Å². The summed E-state index contributed by atoms with van der Waals surface area (Å²) in [6, 6.07) is 11.0. The average Bonchev–Trinajstić information content (AvgIpc) is 3.33. The first-order valence-electron chi connectivity index (χ1n) is 11.9. The zero-order chi connectivity index (χ0) is 24.7. The molecule has 3 rings (SSSR count). The number of carbonyl (C=O) groups is 2. The van der Waals surface area contributed by atoms with Crippen LogP contribution in [-0.4, -0.2) is 42.5 Å². The Labute approximate surface area is 211 Å². The number of carbonyl (C=O) groups excluding carboxylic acids is 2. The van der Waals surface area contributed by atoms with Gasteiger partial charge in [-0.2, -0.15) is 0 Å². The molecule has 0 saturated heterocycles. The molecule has 0 aromatic heterocycles. The van der Waals surface area contributed by atoms with Gasteiger partial charge >= 0.3 is 0 Å². The fourth-order valence-corrected chi connectivity index (χ4v) is 4.70. The largest absolute Gasteiger partial charge is 0.497 e. The highest BCUT2D eigenvalue weighted by Gasteiger charge is 2.31. The van der Waals surface area contributed by atoms with Gasteiger partial charge in [0.2, 0.25) is 5.91 Å². The van der Waals surface area contributed by atoms with Crippen molar-refractivity contribution < 1.29 is 19.1 Å². The zero-order valence-corrected chi connectivity index (χ0v) is 22.1. The van der Waals surface area contributed by atoms with Gasteiger partial charge < -0.3 is 19.7 Å². The summed E-state index contributed by atoms with van der Waals surface area (Å²) in [6.07, 6.45) is 4.78. The van der Waals surface area contributed by atoms with Crippen LogP contribution in [0.15, 0.2) is 40.9 Å². The Morgan fingerprint density at radius 3 is 2.41 bits per heavy atom. The Morgan fingerprint density at radius 1 is 1.12 bits per heavy atom. The van der Waals surface area contributed by atoms with Gasteiger partial charge in [-0.1, -0.05) is 47.8 Å². The average molecular weight is 531 g/mol. The topological polar surface area (TPSA) is 67.9 Å². The predicted octanol–water partition coefficient (Wildman–Crippen LogP) is 5.32. The van der Waals surface area contributed by atoms with Crippen molar-refractivity contribution in [1.29, 1.82) is 0 Å². The molecule has 34 heavy (non-hydrogen) atoms. The van der Waals surface area contributed by atoms with Crippen LogP contribution in [0.2, 0.25) is 0 Å². The summed E-state index contributed by atoms with van der Waals surface area (Å²) < 4.78 is 12.3. The van der Waals surface area contributed by atoms with Crippen LogP contribution < -0.4 is 14.8 Å². The SMILES string of the molecule is CC[C@@H](C(=O)NC1CCCC1)N(Cc1cccc(OC)c1)C(=O)COc1cc(C)c(Br)c(C)c1. The molecule has 0 heterocycles. The van der Waals surface area contributed by atoms with E-state index in [0.29, 0.717) is 24.5 Å². The van der Waals surface area contributed by atoms with Gasteiger partial charge in [-0.25, -0.2) is 0 Å². The minimum absolute atomic E-state index is 0.0963. The number of nitrogens with zero attached hydrogens (tertiary/aromatic N) is 1. The molecule has 2 amide bonds. The molecule has 7 heteroatoms. The Morgan fingerprint density at radius 2 is 1.79 bits per heavy atom. The summed E-state index contributed by atoms with van der Waals surface area (Å²) >= 11 is 3.56. The Bertz CT molecular complexity index is 981. The lowest BCUT2D eigenvalue weighted by atomic mass is 10.1. The number of ether oxygens (including phenoxy) is 2. The normalized spacial score (nSPS) is 14.5. The molecule has 1 N–H and O–H groups in total. The van der Waals surface area contributed by atoms with Gasteiger partial charge in [-0.05, 0) is 74.1 Å². The van der Waals surface area contributed by atoms with Crippen molar-refractivity contribution in [2.75, 3.05) is 13.7 Å². The Kier molecular flexibility index (Phi) is 9.39. The van der Waals surface area contributed by atoms with Crippen molar-refractivity contribution in [1.82, 2.24) is 10.2 Å². The first kappa shape index (κ1) is 26.1. The second-order valence-corrected chi connectivity index (χ2v) is 9.74. The van der Waals surface area contributed by atoms with Gasteiger partial charge in [0.15, 0.2) is 6.61 Å². The maximum atomic E-state index is 13.4. The van der Waals surface area contributed by atoms with E-state index in [1.165, 1.54) is 0 Å². The number of amides is 2. The summed E-state index contributed by atoms with van der Waals surface area (Å²) in [5.74, 6) is 1.03. The van der Waals surface area contributed by atoms with E-state index in [9.17, 15) is 9.59 Å². The van der Waals surface area contributed by atoms with Gasteiger partial charge in [-0.3, -0.25) is 9.59 Å². The van der Waals surface area contributed by atoms with E-state index < -0.39 is 6.04 Å². The highest BCUT2D eigenvalue weighted by molar-refractivity contribution is 9.10. The number of hydrogen-bond acceptors (Lipinski definition) is 4. The van der Waals surface area contributed by atoms with Crippen LogP contribution in [0.1, 0.15) is 55.7 Å². The van der Waals surface area contributed by atoms with Crippen molar-refractivity contribution in [2.45, 2.75) is 71.5 Å². The maximum Gasteiger partial charge on any atom is 0.261 e. The molecular formula is C27H35BrN2O4. The maximum absolute atomic E-state index is 13.4. The van der Waals surface area contributed by atoms with Crippen molar-refractivity contribution in [3.8, 4) is 11.5 Å². The molecule has 2 aromatic carbocycles. The second-order valence-electron chi connectivity index (χ2n) is 8.95. The fraction of sp³-hybridized carbons (Fsp3) is 0.481. The van der Waals surface area contributed by atoms with Crippen LogP contribution in [0.5, 0.6) is 11.5 Å². The third kappa shape index (κ3) is 6.75. The first-order valence-corrected chi connectivity index (χ1v) is 12.7. The molecule has 0 bridgehead atoms. The number of methoxy groups -OCH3 is 1. The molecule has 0 spiro atoms. The van der Waals surface area contributed by atoms with E-state index in [0.717, 1.165) is 46.8 Å². The monoisotopic (exact) mass is 530 g/mol. The van der Waals surface area contributed by atoms with Crippen LogP contribution in [0.3, 0.4) is 0 Å². The molecular weight excluding hydrogens is 496 g/mol. The molecule has 184 valence electrons. The van der Waals surface area contributed by atoms with Crippen LogP contribution in [0.25, 0.3) is 0 Å². The predicted molar refractivity (Wildman–Crippen MR) is 137 cm³/mol. The Balaban J connectivity index is 1.79. The standard InChI is InChI=1S/C27H35BrN2O4/c1-5-24(27(32)29-21-10-6-7-11-21)30(16-20-9-8-12-22(15-20)33-4)25(31)17-34-23-13-18(2)26(28)19(3)14-23/h8-9,12-15,21,24H,5-7,10-11,16-17H2,1-4H3,(H,29,32)/t24-/m0/s1. The van der Waals surface area contributed by atoms with E-state index in [2.05, 4.69) is 21.2 Å². The lowest BCUT2D eigenvalue weighted by molar-refractivity contribution is -0.143. The second kappa shape index (κ2) is 12.2. The minimum Gasteiger partial charge on any atom is -0.497 e. The van der Waals surface area contributed by atoms with E-state index in [1.54, 1.807) is 12.0 Å². The van der Waals surface area contributed by atoms with Crippen LogP contribution in [0, 0.1) is 13.8 Å². The molecule has 1 atom stereocenters. The Hall–Kier alpha value is -2.54. The van der Waals surface area contributed by atoms with Gasteiger partial charge in [-0.15, -0.1) is 0 Å². The summed E-state index contributed by atoms with van der Waals surface area (Å²) in [4.78, 5) is 28.3. The van der Waals surface area contributed by atoms with Crippen molar-refractivity contribution >= 4 is 27.7 Å². The number of benzene rings is 2. The summed E-state index contributed by atoms with van der Waals surface area (Å²) in [6.45, 7) is 6.07. The molecule has 6 nitrogen and oxygen atoms in total. The van der Waals surface area contributed by atoms with Gasteiger partial charge in [0.25, 0.3) is 5.91 Å². The highest BCUT2D eigenvalue weighted by Crippen LogP contribution is 2.27. The van der Waals surface area contributed by atoms with E-state index in [1.807, 2.05) is 57.2 Å². The van der Waals surface area contributed by atoms with Crippen LogP contribution in [0.4, 0.5) is 0 Å². The molecule has 0 radical (unpaired) electrons. The highest BCUT2D eigenvalue weighted by atomic mass is 79.9. The number of hydrogen-bond donors (Lipinski definition) is 1. The number of halogens is 1. The lowest BCUT2D eigenvalue weighted by Gasteiger charge is -2.31. The number of nitrogens with one attached hydrogen (secondary N) is 1. The number of aryl methyl sites for hydroxylation is 2. The van der Waals surface area contributed by atoms with E-state index in [4.69, 9.17) is 9.47 Å². The van der Waals surface area contributed by atoms with Crippen LogP contribution in [-0.2, 0) is 16.1 Å². The molecule has 1 fully saturated rings. The van der Waals surface area contributed by atoms with E-state index in [-0.39, 0.29) is 24.5 Å².